The van der Waals surface area contributed by atoms with Gasteiger partial charge in [0.2, 0.25) is 0 Å². The summed E-state index contributed by atoms with van der Waals surface area (Å²) in [5.74, 6) is 0. The quantitative estimate of drug-likeness (QED) is 0.260. The van der Waals surface area contributed by atoms with Gasteiger partial charge in [-0.15, -0.1) is 0 Å². The van der Waals surface area contributed by atoms with E-state index in [-0.39, 0.29) is 6.17 Å². The minimum atomic E-state index is 0.280. The third kappa shape index (κ3) is 13.6. The Labute approximate surface area is 141 Å². The summed E-state index contributed by atoms with van der Waals surface area (Å²) < 4.78 is 0. The molecule has 0 aliphatic heterocycles. The van der Waals surface area contributed by atoms with Crippen molar-refractivity contribution in [2.75, 3.05) is 13.1 Å². The summed E-state index contributed by atoms with van der Waals surface area (Å²) in [7, 11) is 0. The van der Waals surface area contributed by atoms with Crippen LogP contribution < -0.4 is 5.73 Å². The Bertz CT molecular complexity index is 202. The van der Waals surface area contributed by atoms with Crippen LogP contribution in [0.15, 0.2) is 0 Å². The fraction of sp³-hybridized carbons (Fsp3) is 1.00. The monoisotopic (exact) mass is 312 g/mol. The van der Waals surface area contributed by atoms with Crippen LogP contribution in [0.2, 0.25) is 0 Å². The van der Waals surface area contributed by atoms with Gasteiger partial charge in [0.05, 0.1) is 6.17 Å². The summed E-state index contributed by atoms with van der Waals surface area (Å²) in [5, 5.41) is 0. The average Bonchev–Trinajstić information content (AvgIpc) is 2.53. The molecule has 0 radical (unpaired) electrons. The molecule has 0 aliphatic rings. The molecule has 0 fully saturated rings. The summed E-state index contributed by atoms with van der Waals surface area (Å²) in [4.78, 5) is 2.36. The van der Waals surface area contributed by atoms with Crippen LogP contribution in [0.3, 0.4) is 0 Å². The Balaban J connectivity index is 3.17. The fourth-order valence-corrected chi connectivity index (χ4v) is 3.25. The smallest absolute Gasteiger partial charge is 0.0571 e. The average molecular weight is 313 g/mol. The lowest BCUT2D eigenvalue weighted by molar-refractivity contribution is 0.207. The fourth-order valence-electron chi connectivity index (χ4n) is 3.25. The van der Waals surface area contributed by atoms with Crippen LogP contribution in [0.4, 0.5) is 0 Å². The van der Waals surface area contributed by atoms with Gasteiger partial charge in [-0.1, -0.05) is 104 Å². The van der Waals surface area contributed by atoms with E-state index in [9.17, 15) is 0 Å². The Hall–Kier alpha value is -0.0800. The van der Waals surface area contributed by atoms with Crippen LogP contribution >= 0.6 is 0 Å². The van der Waals surface area contributed by atoms with E-state index in [1.165, 1.54) is 89.9 Å². The number of unbranched alkanes of at least 4 members (excludes halogenated alkanes) is 12. The summed E-state index contributed by atoms with van der Waals surface area (Å²) in [6, 6.07) is 0. The predicted molar refractivity (Wildman–Crippen MR) is 101 cm³/mol. The molecule has 0 heterocycles. The van der Waals surface area contributed by atoms with Gasteiger partial charge in [-0.2, -0.15) is 0 Å². The van der Waals surface area contributed by atoms with Gasteiger partial charge in [-0.25, -0.2) is 0 Å². The van der Waals surface area contributed by atoms with Gasteiger partial charge in [0.15, 0.2) is 0 Å². The summed E-state index contributed by atoms with van der Waals surface area (Å²) in [6.45, 7) is 8.85. The summed E-state index contributed by atoms with van der Waals surface area (Å²) in [5.41, 5.74) is 6.20. The third-order valence-corrected chi connectivity index (χ3v) is 4.88. The largest absolute Gasteiger partial charge is 0.316 e. The standard InChI is InChI=1S/C20H44N2/c1-4-7-8-9-10-11-12-13-14-15-16-17-18-19-20(21)22(5-2)6-3/h20H,4-19,21H2,1-3H3. The van der Waals surface area contributed by atoms with Crippen LogP contribution in [0.1, 0.15) is 111 Å². The first-order valence-corrected chi connectivity index (χ1v) is 10.3. The maximum absolute atomic E-state index is 6.20. The molecule has 22 heavy (non-hydrogen) atoms. The van der Waals surface area contributed by atoms with E-state index in [1.54, 1.807) is 0 Å². The molecule has 134 valence electrons. The van der Waals surface area contributed by atoms with E-state index >= 15 is 0 Å². The van der Waals surface area contributed by atoms with E-state index in [1.807, 2.05) is 0 Å². The first kappa shape index (κ1) is 21.9. The molecule has 0 spiro atoms. The molecule has 2 nitrogen and oxygen atoms in total. The second-order valence-electron chi connectivity index (χ2n) is 6.82. The Morgan fingerprint density at radius 2 is 0.955 bits per heavy atom. The Morgan fingerprint density at radius 1 is 0.591 bits per heavy atom. The van der Waals surface area contributed by atoms with Crippen LogP contribution in [-0.4, -0.2) is 24.2 Å². The van der Waals surface area contributed by atoms with Gasteiger partial charge in [0.25, 0.3) is 0 Å². The van der Waals surface area contributed by atoms with E-state index < -0.39 is 0 Å². The highest BCUT2D eigenvalue weighted by molar-refractivity contribution is 4.63. The van der Waals surface area contributed by atoms with Gasteiger partial charge in [-0.3, -0.25) is 4.90 Å². The lowest BCUT2D eigenvalue weighted by atomic mass is 10.0. The highest BCUT2D eigenvalue weighted by Crippen LogP contribution is 2.13. The van der Waals surface area contributed by atoms with E-state index in [2.05, 4.69) is 25.7 Å². The molecular formula is C20H44N2. The molecule has 0 aromatic heterocycles. The molecule has 2 heteroatoms. The normalized spacial score (nSPS) is 13.0. The molecule has 0 aromatic carbocycles. The predicted octanol–water partition coefficient (Wildman–Crippen LogP) is 6.09. The molecule has 0 saturated carbocycles. The van der Waals surface area contributed by atoms with Gasteiger partial charge < -0.3 is 5.73 Å². The highest BCUT2D eigenvalue weighted by atomic mass is 15.2. The summed E-state index contributed by atoms with van der Waals surface area (Å²) >= 11 is 0. The van der Waals surface area contributed by atoms with Crippen molar-refractivity contribution < 1.29 is 0 Å². The van der Waals surface area contributed by atoms with Crippen molar-refractivity contribution in [2.45, 2.75) is 117 Å². The van der Waals surface area contributed by atoms with E-state index in [4.69, 9.17) is 5.73 Å². The van der Waals surface area contributed by atoms with Crippen molar-refractivity contribution in [3.8, 4) is 0 Å². The van der Waals surface area contributed by atoms with Crippen molar-refractivity contribution in [1.82, 2.24) is 4.90 Å². The number of rotatable bonds is 17. The van der Waals surface area contributed by atoms with Gasteiger partial charge >= 0.3 is 0 Å². The lowest BCUT2D eigenvalue weighted by Crippen LogP contribution is -2.41. The molecule has 2 N–H and O–H groups in total. The maximum Gasteiger partial charge on any atom is 0.0571 e. The first-order chi connectivity index (χ1) is 10.8. The summed E-state index contributed by atoms with van der Waals surface area (Å²) in [6.07, 6.45) is 19.9. The van der Waals surface area contributed by atoms with Crippen molar-refractivity contribution in [2.24, 2.45) is 5.73 Å². The van der Waals surface area contributed by atoms with Gasteiger partial charge in [0.1, 0.15) is 0 Å². The minimum Gasteiger partial charge on any atom is -0.316 e. The minimum absolute atomic E-state index is 0.280. The zero-order valence-corrected chi connectivity index (χ0v) is 15.9. The SMILES string of the molecule is CCCCCCCCCCCCCCCC(N)N(CC)CC. The van der Waals surface area contributed by atoms with Gasteiger partial charge in [0, 0.05) is 0 Å². The van der Waals surface area contributed by atoms with Crippen molar-refractivity contribution in [3.05, 3.63) is 0 Å². The number of hydrogen-bond acceptors (Lipinski definition) is 2. The molecular weight excluding hydrogens is 268 g/mol. The Kier molecular flexibility index (Phi) is 17.2. The van der Waals surface area contributed by atoms with E-state index in [0.29, 0.717) is 0 Å². The van der Waals surface area contributed by atoms with Gasteiger partial charge in [-0.05, 0) is 19.5 Å². The van der Waals surface area contributed by atoms with Crippen LogP contribution in [0.25, 0.3) is 0 Å². The molecule has 0 rings (SSSR count). The second kappa shape index (κ2) is 17.3. The number of hydrogen-bond donors (Lipinski definition) is 1. The highest BCUT2D eigenvalue weighted by Gasteiger charge is 2.09. The number of nitrogens with zero attached hydrogens (tertiary/aromatic N) is 1. The molecule has 1 atom stereocenters. The molecule has 0 saturated heterocycles. The van der Waals surface area contributed by atoms with Crippen molar-refractivity contribution in [3.63, 3.8) is 0 Å². The first-order valence-electron chi connectivity index (χ1n) is 10.3. The molecule has 0 aliphatic carbocycles. The zero-order chi connectivity index (χ0) is 16.5. The van der Waals surface area contributed by atoms with Crippen LogP contribution in [-0.2, 0) is 0 Å². The Morgan fingerprint density at radius 3 is 1.32 bits per heavy atom. The van der Waals surface area contributed by atoms with Crippen molar-refractivity contribution in [1.29, 1.82) is 0 Å². The lowest BCUT2D eigenvalue weighted by Gasteiger charge is -2.25. The van der Waals surface area contributed by atoms with Crippen LogP contribution in [0.5, 0.6) is 0 Å². The molecule has 1 unspecified atom stereocenters. The van der Waals surface area contributed by atoms with E-state index in [0.717, 1.165) is 13.1 Å². The second-order valence-corrected chi connectivity index (χ2v) is 6.82. The van der Waals surface area contributed by atoms with Crippen LogP contribution in [0, 0.1) is 0 Å². The third-order valence-electron chi connectivity index (χ3n) is 4.88. The van der Waals surface area contributed by atoms with Crippen molar-refractivity contribution >= 4 is 0 Å². The molecule has 0 amide bonds. The zero-order valence-electron chi connectivity index (χ0n) is 15.9. The maximum atomic E-state index is 6.20. The topological polar surface area (TPSA) is 29.3 Å². The molecule has 0 bridgehead atoms. The number of nitrogens with two attached hydrogens (primary N) is 1. The molecule has 0 aromatic rings.